The summed E-state index contributed by atoms with van der Waals surface area (Å²) < 4.78 is 41.4. The number of aromatic nitrogens is 1. The Morgan fingerprint density at radius 2 is 2.04 bits per heavy atom. The van der Waals surface area contributed by atoms with Gasteiger partial charge in [-0.05, 0) is 23.8 Å². The molecule has 0 aliphatic carbocycles. The fourth-order valence-electron chi connectivity index (χ4n) is 1.93. The van der Waals surface area contributed by atoms with E-state index in [9.17, 15) is 27.9 Å². The maximum Gasteiger partial charge on any atom is 0.573 e. The summed E-state index contributed by atoms with van der Waals surface area (Å²) in [6.45, 7) is -0.109. The molecule has 0 aliphatic heterocycles. The van der Waals surface area contributed by atoms with E-state index in [0.29, 0.717) is 5.56 Å². The number of nitrogens with one attached hydrogen (secondary N) is 1. The van der Waals surface area contributed by atoms with Crippen LogP contribution >= 0.6 is 0 Å². The van der Waals surface area contributed by atoms with Crippen LogP contribution in [0.15, 0.2) is 41.3 Å². The lowest BCUT2D eigenvalue weighted by Gasteiger charge is -2.11. The summed E-state index contributed by atoms with van der Waals surface area (Å²) in [5.74, 6) is -1.84. The molecular weight excluding hydrogens is 329 g/mol. The maximum atomic E-state index is 12.2. The number of nitrogens with zero attached hydrogens (tertiary/aromatic N) is 1. The summed E-state index contributed by atoms with van der Waals surface area (Å²) in [7, 11) is 1.41. The zero-order valence-corrected chi connectivity index (χ0v) is 12.4. The topological polar surface area (TPSA) is 80.6 Å². The van der Waals surface area contributed by atoms with E-state index in [1.807, 2.05) is 0 Å². The van der Waals surface area contributed by atoms with Gasteiger partial charge in [0.1, 0.15) is 5.75 Å². The van der Waals surface area contributed by atoms with Gasteiger partial charge in [-0.1, -0.05) is 12.1 Å². The van der Waals surface area contributed by atoms with Crippen molar-refractivity contribution < 1.29 is 27.8 Å². The van der Waals surface area contributed by atoms with Crippen molar-refractivity contribution in [3.63, 3.8) is 0 Å². The number of aryl methyl sites for hydroxylation is 1. The molecule has 0 unspecified atom stereocenters. The average molecular weight is 342 g/mol. The number of rotatable bonds is 4. The number of pyridine rings is 1. The van der Waals surface area contributed by atoms with Gasteiger partial charge in [0.2, 0.25) is 0 Å². The zero-order chi connectivity index (χ0) is 17.9. The standard InChI is InChI=1S/C15H13F3N2O4/c1-20-6-5-11(12(21)14(20)23)13(22)19-8-9-3-2-4-10(7-9)24-15(16,17)18/h2-7,21H,8H2,1H3,(H,19,22). The van der Waals surface area contributed by atoms with Crippen molar-refractivity contribution in [2.75, 3.05) is 0 Å². The number of halogens is 3. The molecule has 0 fully saturated rings. The van der Waals surface area contributed by atoms with E-state index in [2.05, 4.69) is 10.1 Å². The molecule has 128 valence electrons. The summed E-state index contributed by atoms with van der Waals surface area (Å²) >= 11 is 0. The predicted molar refractivity (Wildman–Crippen MR) is 77.6 cm³/mol. The Morgan fingerprint density at radius 3 is 2.71 bits per heavy atom. The second kappa shape index (κ2) is 6.65. The summed E-state index contributed by atoms with van der Waals surface area (Å²) in [4.78, 5) is 23.5. The molecule has 2 N–H and O–H groups in total. The van der Waals surface area contributed by atoms with Crippen molar-refractivity contribution in [3.8, 4) is 11.5 Å². The third-order valence-electron chi connectivity index (χ3n) is 3.07. The van der Waals surface area contributed by atoms with Gasteiger partial charge in [-0.25, -0.2) is 0 Å². The molecule has 0 radical (unpaired) electrons. The molecule has 0 aliphatic rings. The van der Waals surface area contributed by atoms with Gasteiger partial charge in [0, 0.05) is 19.8 Å². The first-order chi connectivity index (χ1) is 11.2. The largest absolute Gasteiger partial charge is 0.573 e. The van der Waals surface area contributed by atoms with Gasteiger partial charge in [0.05, 0.1) is 5.56 Å². The number of hydrogen-bond donors (Lipinski definition) is 2. The quantitative estimate of drug-likeness (QED) is 0.890. The van der Waals surface area contributed by atoms with Crippen LogP contribution in [0.4, 0.5) is 13.2 Å². The molecule has 1 heterocycles. The molecule has 1 aromatic heterocycles. The van der Waals surface area contributed by atoms with Crippen molar-refractivity contribution in [2.24, 2.45) is 7.05 Å². The highest BCUT2D eigenvalue weighted by atomic mass is 19.4. The lowest BCUT2D eigenvalue weighted by Crippen LogP contribution is -2.26. The first kappa shape index (κ1) is 17.4. The molecule has 1 aromatic carbocycles. The van der Waals surface area contributed by atoms with Crippen LogP contribution < -0.4 is 15.6 Å². The van der Waals surface area contributed by atoms with E-state index in [1.54, 1.807) is 0 Å². The van der Waals surface area contributed by atoms with E-state index >= 15 is 0 Å². The Labute approximate surface area is 134 Å². The Hall–Kier alpha value is -2.97. The maximum absolute atomic E-state index is 12.2. The number of aromatic hydroxyl groups is 1. The molecule has 0 saturated heterocycles. The number of carbonyl (C=O) groups is 1. The summed E-state index contributed by atoms with van der Waals surface area (Å²) in [5, 5.41) is 12.1. The van der Waals surface area contributed by atoms with Crippen molar-refractivity contribution in [3.05, 3.63) is 58.0 Å². The molecule has 24 heavy (non-hydrogen) atoms. The van der Waals surface area contributed by atoms with Crippen LogP contribution in [0.5, 0.6) is 11.5 Å². The number of hydrogen-bond acceptors (Lipinski definition) is 4. The molecule has 0 spiro atoms. The summed E-state index contributed by atoms with van der Waals surface area (Å²) in [6, 6.07) is 6.35. The molecule has 0 bridgehead atoms. The summed E-state index contributed by atoms with van der Waals surface area (Å²) in [5.41, 5.74) is -0.600. The fraction of sp³-hybridized carbons (Fsp3) is 0.200. The minimum Gasteiger partial charge on any atom is -0.502 e. The van der Waals surface area contributed by atoms with Crippen LogP contribution in [0.3, 0.4) is 0 Å². The van der Waals surface area contributed by atoms with Gasteiger partial charge in [-0.3, -0.25) is 9.59 Å². The number of carbonyl (C=O) groups excluding carboxylic acids is 1. The van der Waals surface area contributed by atoms with Gasteiger partial charge in [-0.15, -0.1) is 13.2 Å². The second-order valence-corrected chi connectivity index (χ2v) is 4.87. The van der Waals surface area contributed by atoms with Gasteiger partial charge < -0.3 is 19.7 Å². The molecule has 2 aromatic rings. The van der Waals surface area contributed by atoms with Crippen molar-refractivity contribution in [1.82, 2.24) is 9.88 Å². The number of benzene rings is 1. The highest BCUT2D eigenvalue weighted by molar-refractivity contribution is 5.96. The van der Waals surface area contributed by atoms with Gasteiger partial charge >= 0.3 is 6.36 Å². The van der Waals surface area contributed by atoms with Gasteiger partial charge in [0.25, 0.3) is 11.5 Å². The highest BCUT2D eigenvalue weighted by Crippen LogP contribution is 2.23. The van der Waals surface area contributed by atoms with E-state index in [4.69, 9.17) is 0 Å². The SMILES string of the molecule is Cn1ccc(C(=O)NCc2cccc(OC(F)(F)F)c2)c(O)c1=O. The van der Waals surface area contributed by atoms with E-state index in [-0.39, 0.29) is 12.1 Å². The Balaban J connectivity index is 2.09. The van der Waals surface area contributed by atoms with E-state index in [0.717, 1.165) is 16.7 Å². The smallest absolute Gasteiger partial charge is 0.502 e. The van der Waals surface area contributed by atoms with Crippen LogP contribution in [0, 0.1) is 0 Å². The molecule has 1 amide bonds. The van der Waals surface area contributed by atoms with Gasteiger partial charge in [-0.2, -0.15) is 0 Å². The van der Waals surface area contributed by atoms with Crippen LogP contribution in [0.1, 0.15) is 15.9 Å². The van der Waals surface area contributed by atoms with E-state index in [1.165, 1.54) is 31.4 Å². The highest BCUT2D eigenvalue weighted by Gasteiger charge is 2.31. The molecular formula is C15H13F3N2O4. The minimum atomic E-state index is -4.81. The monoisotopic (exact) mass is 342 g/mol. The fourth-order valence-corrected chi connectivity index (χ4v) is 1.93. The number of alkyl halides is 3. The van der Waals surface area contributed by atoms with Gasteiger partial charge in [0.15, 0.2) is 5.75 Å². The Bertz CT molecular complexity index is 815. The Kier molecular flexibility index (Phi) is 4.82. The van der Waals surface area contributed by atoms with E-state index < -0.39 is 29.3 Å². The lowest BCUT2D eigenvalue weighted by molar-refractivity contribution is -0.274. The number of amides is 1. The first-order valence-corrected chi connectivity index (χ1v) is 6.69. The molecule has 0 saturated carbocycles. The third kappa shape index (κ3) is 4.28. The second-order valence-electron chi connectivity index (χ2n) is 4.87. The Morgan fingerprint density at radius 1 is 1.33 bits per heavy atom. The number of ether oxygens (including phenoxy) is 1. The van der Waals surface area contributed by atoms with Crippen LogP contribution in [0.2, 0.25) is 0 Å². The van der Waals surface area contributed by atoms with Crippen LogP contribution in [0.25, 0.3) is 0 Å². The zero-order valence-electron chi connectivity index (χ0n) is 12.4. The normalized spacial score (nSPS) is 11.2. The molecule has 6 nitrogen and oxygen atoms in total. The third-order valence-corrected chi connectivity index (χ3v) is 3.07. The molecule has 0 atom stereocenters. The van der Waals surface area contributed by atoms with Crippen LogP contribution in [-0.2, 0) is 13.6 Å². The summed E-state index contributed by atoms with van der Waals surface area (Å²) in [6.07, 6.45) is -3.49. The van der Waals surface area contributed by atoms with Crippen molar-refractivity contribution in [1.29, 1.82) is 0 Å². The molecule has 9 heteroatoms. The average Bonchev–Trinajstić information content (AvgIpc) is 2.49. The predicted octanol–water partition coefficient (Wildman–Crippen LogP) is 1.92. The van der Waals surface area contributed by atoms with Crippen LogP contribution in [-0.4, -0.2) is 21.9 Å². The first-order valence-electron chi connectivity index (χ1n) is 6.69. The van der Waals surface area contributed by atoms with Crippen molar-refractivity contribution in [2.45, 2.75) is 12.9 Å². The lowest BCUT2D eigenvalue weighted by atomic mass is 10.2. The minimum absolute atomic E-state index is 0.109. The van der Waals surface area contributed by atoms with Crippen molar-refractivity contribution >= 4 is 5.91 Å². The molecule has 2 rings (SSSR count).